The zero-order valence-corrected chi connectivity index (χ0v) is 18.6. The van der Waals surface area contributed by atoms with Crippen LogP contribution in [0.3, 0.4) is 0 Å². The molecule has 5 rings (SSSR count). The first-order valence-electron chi connectivity index (χ1n) is 11.4. The molecule has 2 unspecified atom stereocenters. The average Bonchev–Trinajstić information content (AvgIpc) is 2.85. The van der Waals surface area contributed by atoms with Crippen LogP contribution in [-0.4, -0.2) is 12.8 Å². The van der Waals surface area contributed by atoms with Gasteiger partial charge in [0.15, 0.2) is 0 Å². The third-order valence-electron chi connectivity index (χ3n) is 6.71. The normalized spacial score (nSPS) is 27.8. The Morgan fingerprint density at radius 3 is 2.61 bits per heavy atom. The molecule has 3 heteroatoms. The Morgan fingerprint density at radius 1 is 0.871 bits per heavy atom. The van der Waals surface area contributed by atoms with E-state index >= 15 is 0 Å². The highest BCUT2D eigenvalue weighted by atomic mass is 35.5. The Morgan fingerprint density at radius 2 is 1.77 bits per heavy atom. The highest BCUT2D eigenvalue weighted by molar-refractivity contribution is 6.29. The number of hydrogen-bond acceptors (Lipinski definition) is 2. The zero-order chi connectivity index (χ0) is 21.0. The third kappa shape index (κ3) is 4.70. The Labute approximate surface area is 190 Å². The molecule has 3 aliphatic carbocycles. The topological polar surface area (TPSA) is 24.4 Å². The van der Waals surface area contributed by atoms with Crippen LogP contribution in [0.15, 0.2) is 111 Å². The Kier molecular flexibility index (Phi) is 6.08. The second-order valence-corrected chi connectivity index (χ2v) is 9.31. The van der Waals surface area contributed by atoms with Crippen LogP contribution in [-0.2, 0) is 0 Å². The van der Waals surface area contributed by atoms with Gasteiger partial charge in [-0.05, 0) is 90.3 Å². The molecule has 1 N–H and O–H groups in total. The Bertz CT molecular complexity index is 1050. The molecule has 0 fully saturated rings. The molecule has 2 atom stereocenters. The van der Waals surface area contributed by atoms with E-state index in [1.54, 1.807) is 0 Å². The van der Waals surface area contributed by atoms with Gasteiger partial charge in [-0.25, -0.2) is 0 Å². The van der Waals surface area contributed by atoms with Gasteiger partial charge in [0.25, 0.3) is 0 Å². The fourth-order valence-electron chi connectivity index (χ4n) is 5.04. The van der Waals surface area contributed by atoms with Gasteiger partial charge in [0, 0.05) is 35.8 Å². The largest absolute Gasteiger partial charge is 0.387 e. The van der Waals surface area contributed by atoms with Crippen LogP contribution in [0.1, 0.15) is 38.5 Å². The van der Waals surface area contributed by atoms with Gasteiger partial charge in [-0.3, -0.25) is 4.99 Å². The summed E-state index contributed by atoms with van der Waals surface area (Å²) in [5.74, 6) is 0.739. The molecule has 0 aromatic heterocycles. The summed E-state index contributed by atoms with van der Waals surface area (Å²) in [5.41, 5.74) is 8.43. The third-order valence-corrected chi connectivity index (χ3v) is 6.97. The second kappa shape index (κ2) is 9.28. The van der Waals surface area contributed by atoms with Crippen molar-refractivity contribution in [2.24, 2.45) is 16.8 Å². The standard InChI is InChI=1S/C28H29ClN2/c29-28-16-26(22-7-1-5-20(13-22)24-9-3-11-30-18-24)15-27(17-28)23-8-2-6-21(14-23)25-10-4-12-31-19-25/h1,4-5,7-8,10-12,14-16,18,22,27,31H,2-3,6,9,13,17,19H2. The number of aliphatic imine (C=N–C) groups is 1. The summed E-state index contributed by atoms with van der Waals surface area (Å²) in [4.78, 5) is 4.38. The van der Waals surface area contributed by atoms with Crippen LogP contribution >= 0.6 is 11.6 Å². The van der Waals surface area contributed by atoms with E-state index in [9.17, 15) is 0 Å². The van der Waals surface area contributed by atoms with Crippen molar-refractivity contribution in [1.82, 2.24) is 5.32 Å². The molecule has 0 bridgehead atoms. The lowest BCUT2D eigenvalue weighted by molar-refractivity contribution is 0.692. The lowest BCUT2D eigenvalue weighted by Crippen LogP contribution is -2.16. The van der Waals surface area contributed by atoms with Gasteiger partial charge in [0.1, 0.15) is 0 Å². The SMILES string of the molecule is ClC1=CC(C2C=CC=C(C3=CN=CCC3)C2)=CC(C2=CCCC(C3=CC=CNC3)=C2)C1. The average molecular weight is 429 g/mol. The fraction of sp³-hybridized carbons (Fsp3) is 0.321. The van der Waals surface area contributed by atoms with Crippen molar-refractivity contribution in [2.45, 2.75) is 38.5 Å². The molecule has 5 aliphatic rings. The number of dihydropyridines is 1. The Hall–Kier alpha value is -2.58. The predicted octanol–water partition coefficient (Wildman–Crippen LogP) is 7.00. The maximum Gasteiger partial charge on any atom is 0.0398 e. The van der Waals surface area contributed by atoms with Crippen molar-refractivity contribution in [1.29, 1.82) is 0 Å². The molecular weight excluding hydrogens is 400 g/mol. The Balaban J connectivity index is 1.36. The van der Waals surface area contributed by atoms with Crippen molar-refractivity contribution in [2.75, 3.05) is 6.54 Å². The molecule has 158 valence electrons. The van der Waals surface area contributed by atoms with Crippen LogP contribution in [0.4, 0.5) is 0 Å². The van der Waals surface area contributed by atoms with E-state index in [1.165, 1.54) is 33.4 Å². The van der Waals surface area contributed by atoms with Crippen molar-refractivity contribution in [3.63, 3.8) is 0 Å². The smallest absolute Gasteiger partial charge is 0.0398 e. The number of rotatable bonds is 4. The summed E-state index contributed by atoms with van der Waals surface area (Å²) in [7, 11) is 0. The van der Waals surface area contributed by atoms with Crippen LogP contribution in [0, 0.1) is 11.8 Å². The first-order valence-corrected chi connectivity index (χ1v) is 11.8. The molecule has 0 saturated heterocycles. The summed E-state index contributed by atoms with van der Waals surface area (Å²) >= 11 is 6.69. The molecular formula is C28H29ClN2. The molecule has 0 saturated carbocycles. The van der Waals surface area contributed by atoms with E-state index in [0.717, 1.165) is 50.1 Å². The predicted molar refractivity (Wildman–Crippen MR) is 132 cm³/mol. The van der Waals surface area contributed by atoms with E-state index in [-0.39, 0.29) is 0 Å². The van der Waals surface area contributed by atoms with E-state index in [2.05, 4.69) is 65.0 Å². The van der Waals surface area contributed by atoms with Crippen molar-refractivity contribution >= 4 is 17.8 Å². The zero-order valence-electron chi connectivity index (χ0n) is 17.9. The first-order chi connectivity index (χ1) is 15.3. The maximum absolute atomic E-state index is 6.69. The van der Waals surface area contributed by atoms with Crippen LogP contribution < -0.4 is 5.32 Å². The fourth-order valence-corrected chi connectivity index (χ4v) is 5.34. The lowest BCUT2D eigenvalue weighted by atomic mass is 9.78. The van der Waals surface area contributed by atoms with Gasteiger partial charge >= 0.3 is 0 Å². The van der Waals surface area contributed by atoms with Crippen molar-refractivity contribution in [3.05, 3.63) is 106 Å². The molecule has 0 aromatic carbocycles. The van der Waals surface area contributed by atoms with Crippen molar-refractivity contribution < 1.29 is 0 Å². The highest BCUT2D eigenvalue weighted by Gasteiger charge is 2.24. The summed E-state index contributed by atoms with van der Waals surface area (Å²) in [5, 5.41) is 4.31. The molecule has 0 spiro atoms. The van der Waals surface area contributed by atoms with E-state index < -0.39 is 0 Å². The summed E-state index contributed by atoms with van der Waals surface area (Å²) in [6.45, 7) is 0.921. The number of nitrogens with one attached hydrogen (secondary N) is 1. The van der Waals surface area contributed by atoms with Gasteiger partial charge in [-0.15, -0.1) is 0 Å². The molecule has 0 aromatic rings. The quantitative estimate of drug-likeness (QED) is 0.512. The van der Waals surface area contributed by atoms with Crippen LogP contribution in [0.5, 0.6) is 0 Å². The molecule has 2 aliphatic heterocycles. The van der Waals surface area contributed by atoms with Gasteiger partial charge in [-0.2, -0.15) is 0 Å². The van der Waals surface area contributed by atoms with E-state index in [0.29, 0.717) is 11.8 Å². The van der Waals surface area contributed by atoms with Crippen molar-refractivity contribution in [3.8, 4) is 0 Å². The molecule has 2 nitrogen and oxygen atoms in total. The van der Waals surface area contributed by atoms with Gasteiger partial charge < -0.3 is 5.32 Å². The van der Waals surface area contributed by atoms with E-state index in [1.807, 2.05) is 18.6 Å². The molecule has 0 amide bonds. The van der Waals surface area contributed by atoms with Gasteiger partial charge in [0.05, 0.1) is 0 Å². The maximum atomic E-state index is 6.69. The number of halogens is 1. The van der Waals surface area contributed by atoms with Crippen LogP contribution in [0.2, 0.25) is 0 Å². The molecule has 0 radical (unpaired) electrons. The van der Waals surface area contributed by atoms with Gasteiger partial charge in [0.2, 0.25) is 0 Å². The molecule has 31 heavy (non-hydrogen) atoms. The minimum absolute atomic E-state index is 0.358. The van der Waals surface area contributed by atoms with Gasteiger partial charge in [-0.1, -0.05) is 54.1 Å². The highest BCUT2D eigenvalue weighted by Crippen LogP contribution is 2.40. The monoisotopic (exact) mass is 428 g/mol. The summed E-state index contributed by atoms with van der Waals surface area (Å²) in [6.07, 6.45) is 33.0. The number of nitrogens with zero attached hydrogens (tertiary/aromatic N) is 1. The minimum atomic E-state index is 0.358. The summed E-state index contributed by atoms with van der Waals surface area (Å²) in [6, 6.07) is 0. The number of allylic oxidation sites excluding steroid dienone is 14. The minimum Gasteiger partial charge on any atom is -0.387 e. The summed E-state index contributed by atoms with van der Waals surface area (Å²) < 4.78 is 0. The molecule has 2 heterocycles. The lowest BCUT2D eigenvalue weighted by Gasteiger charge is -2.28. The van der Waals surface area contributed by atoms with Crippen LogP contribution in [0.25, 0.3) is 0 Å². The number of hydrogen-bond donors (Lipinski definition) is 1. The second-order valence-electron chi connectivity index (χ2n) is 8.82. The first kappa shape index (κ1) is 20.3. The van der Waals surface area contributed by atoms with E-state index in [4.69, 9.17) is 11.6 Å².